The van der Waals surface area contributed by atoms with Crippen molar-refractivity contribution >= 4 is 0 Å². The normalized spacial score (nSPS) is 10.5. The molecule has 2 aromatic heterocycles. The Morgan fingerprint density at radius 1 is 1.27 bits per heavy atom. The molecule has 15 heavy (non-hydrogen) atoms. The van der Waals surface area contributed by atoms with Crippen LogP contribution in [0.3, 0.4) is 0 Å². The average molecular weight is 202 g/mol. The second-order valence-corrected chi connectivity index (χ2v) is 3.39. The summed E-state index contributed by atoms with van der Waals surface area (Å²) in [6, 6.07) is 5.88. The number of rotatable bonds is 4. The summed E-state index contributed by atoms with van der Waals surface area (Å²) in [5.41, 5.74) is 7.57. The first-order valence-electron chi connectivity index (χ1n) is 5.01. The lowest BCUT2D eigenvalue weighted by molar-refractivity contribution is 0.912. The highest BCUT2D eigenvalue weighted by atomic mass is 14.9. The first-order chi connectivity index (χ1) is 7.38. The fourth-order valence-corrected chi connectivity index (χ4v) is 1.45. The molecule has 0 fully saturated rings. The van der Waals surface area contributed by atoms with Gasteiger partial charge in [0.2, 0.25) is 0 Å². The minimum Gasteiger partial charge on any atom is -0.346 e. The van der Waals surface area contributed by atoms with Gasteiger partial charge >= 0.3 is 0 Å². The van der Waals surface area contributed by atoms with Crippen LogP contribution < -0.4 is 5.73 Å². The summed E-state index contributed by atoms with van der Waals surface area (Å²) in [7, 11) is 0. The van der Waals surface area contributed by atoms with E-state index in [1.54, 1.807) is 6.20 Å². The van der Waals surface area contributed by atoms with E-state index in [2.05, 4.69) is 15.0 Å². The van der Waals surface area contributed by atoms with Crippen molar-refractivity contribution < 1.29 is 0 Å². The molecule has 3 N–H and O–H groups in total. The third-order valence-electron chi connectivity index (χ3n) is 2.17. The number of nitrogens with one attached hydrogen (secondary N) is 1. The number of hydrogen-bond donors (Lipinski definition) is 2. The molecule has 0 aliphatic heterocycles. The number of imidazole rings is 1. The summed E-state index contributed by atoms with van der Waals surface area (Å²) in [6.45, 7) is 0.644. The summed E-state index contributed by atoms with van der Waals surface area (Å²) in [6.07, 6.45) is 5.21. The predicted molar refractivity (Wildman–Crippen MR) is 58.4 cm³/mol. The SMILES string of the molecule is NCCc1cnc(Cc2ccccn2)[nH]1. The molecular formula is C11H14N4. The van der Waals surface area contributed by atoms with Crippen LogP contribution in [0.1, 0.15) is 17.2 Å². The molecule has 0 aromatic carbocycles. The molecule has 0 aliphatic rings. The van der Waals surface area contributed by atoms with Crippen LogP contribution in [0, 0.1) is 0 Å². The van der Waals surface area contributed by atoms with E-state index in [4.69, 9.17) is 5.73 Å². The topological polar surface area (TPSA) is 67.6 Å². The van der Waals surface area contributed by atoms with Crippen molar-refractivity contribution in [3.63, 3.8) is 0 Å². The van der Waals surface area contributed by atoms with Crippen molar-refractivity contribution in [2.24, 2.45) is 5.73 Å². The van der Waals surface area contributed by atoms with E-state index < -0.39 is 0 Å². The molecule has 2 aromatic rings. The van der Waals surface area contributed by atoms with E-state index in [0.29, 0.717) is 6.54 Å². The maximum absolute atomic E-state index is 5.46. The molecule has 0 bridgehead atoms. The van der Waals surface area contributed by atoms with E-state index in [1.807, 2.05) is 24.4 Å². The number of aromatic amines is 1. The van der Waals surface area contributed by atoms with Gasteiger partial charge in [0.25, 0.3) is 0 Å². The quantitative estimate of drug-likeness (QED) is 0.774. The van der Waals surface area contributed by atoms with Crippen LogP contribution in [0.5, 0.6) is 0 Å². The summed E-state index contributed by atoms with van der Waals surface area (Å²) in [5.74, 6) is 0.942. The average Bonchev–Trinajstić information content (AvgIpc) is 2.68. The van der Waals surface area contributed by atoms with Crippen molar-refractivity contribution in [1.29, 1.82) is 0 Å². The van der Waals surface area contributed by atoms with Crippen LogP contribution >= 0.6 is 0 Å². The van der Waals surface area contributed by atoms with Gasteiger partial charge in [-0.05, 0) is 18.7 Å². The van der Waals surface area contributed by atoms with Gasteiger partial charge in [-0.2, -0.15) is 0 Å². The Kier molecular flexibility index (Phi) is 3.09. The zero-order chi connectivity index (χ0) is 10.5. The van der Waals surface area contributed by atoms with Gasteiger partial charge in [-0.1, -0.05) is 6.07 Å². The number of aromatic nitrogens is 3. The van der Waals surface area contributed by atoms with Gasteiger partial charge in [0.1, 0.15) is 5.82 Å². The Morgan fingerprint density at radius 2 is 2.20 bits per heavy atom. The maximum atomic E-state index is 5.46. The van der Waals surface area contributed by atoms with E-state index in [-0.39, 0.29) is 0 Å². The van der Waals surface area contributed by atoms with E-state index in [0.717, 1.165) is 30.1 Å². The molecule has 0 atom stereocenters. The van der Waals surface area contributed by atoms with Crippen LogP contribution in [0.15, 0.2) is 30.6 Å². The lowest BCUT2D eigenvalue weighted by Gasteiger charge is -1.96. The highest BCUT2D eigenvalue weighted by molar-refractivity contribution is 5.12. The fourth-order valence-electron chi connectivity index (χ4n) is 1.45. The lowest BCUT2D eigenvalue weighted by Crippen LogP contribution is -2.03. The molecule has 0 amide bonds. The first-order valence-corrected chi connectivity index (χ1v) is 5.01. The molecule has 0 spiro atoms. The number of H-pyrrole nitrogens is 1. The summed E-state index contributed by atoms with van der Waals surface area (Å²) in [5, 5.41) is 0. The van der Waals surface area contributed by atoms with Gasteiger partial charge < -0.3 is 10.7 Å². The third kappa shape index (κ3) is 2.63. The molecule has 0 saturated heterocycles. The van der Waals surface area contributed by atoms with Gasteiger partial charge in [0.05, 0.1) is 0 Å². The summed E-state index contributed by atoms with van der Waals surface area (Å²) >= 11 is 0. The molecule has 0 aliphatic carbocycles. The van der Waals surface area contributed by atoms with E-state index >= 15 is 0 Å². The Hall–Kier alpha value is -1.68. The number of nitrogens with zero attached hydrogens (tertiary/aromatic N) is 2. The Morgan fingerprint density at radius 3 is 2.93 bits per heavy atom. The van der Waals surface area contributed by atoms with E-state index in [9.17, 15) is 0 Å². The van der Waals surface area contributed by atoms with Gasteiger partial charge in [-0.15, -0.1) is 0 Å². The van der Waals surface area contributed by atoms with Crippen LogP contribution in [-0.2, 0) is 12.8 Å². The van der Waals surface area contributed by atoms with Crippen LogP contribution in [0.2, 0.25) is 0 Å². The molecular weight excluding hydrogens is 188 g/mol. The van der Waals surface area contributed by atoms with Gasteiger partial charge in [0.15, 0.2) is 0 Å². The maximum Gasteiger partial charge on any atom is 0.112 e. The fraction of sp³-hybridized carbons (Fsp3) is 0.273. The predicted octanol–water partition coefficient (Wildman–Crippen LogP) is 0.897. The summed E-state index contributed by atoms with van der Waals surface area (Å²) in [4.78, 5) is 11.8. The first kappa shape index (κ1) is 9.86. The molecule has 0 radical (unpaired) electrons. The molecule has 2 heterocycles. The minimum atomic E-state index is 0.644. The molecule has 4 nitrogen and oxygen atoms in total. The number of hydrogen-bond acceptors (Lipinski definition) is 3. The molecule has 2 rings (SSSR count). The molecule has 4 heteroatoms. The summed E-state index contributed by atoms with van der Waals surface area (Å²) < 4.78 is 0. The van der Waals surface area contributed by atoms with Gasteiger partial charge in [-0.3, -0.25) is 4.98 Å². The number of pyridine rings is 1. The lowest BCUT2D eigenvalue weighted by atomic mass is 10.2. The van der Waals surface area contributed by atoms with Crippen LogP contribution in [0.25, 0.3) is 0 Å². The Bertz CT molecular complexity index is 408. The Labute approximate surface area is 88.6 Å². The highest BCUT2D eigenvalue weighted by Crippen LogP contribution is 2.03. The van der Waals surface area contributed by atoms with Crippen LogP contribution in [-0.4, -0.2) is 21.5 Å². The Balaban J connectivity index is 2.05. The largest absolute Gasteiger partial charge is 0.346 e. The van der Waals surface area contributed by atoms with Crippen molar-refractivity contribution in [1.82, 2.24) is 15.0 Å². The minimum absolute atomic E-state index is 0.644. The van der Waals surface area contributed by atoms with Gasteiger partial charge in [0, 0.05) is 36.6 Å². The van der Waals surface area contributed by atoms with Crippen molar-refractivity contribution in [3.05, 3.63) is 47.8 Å². The standard InChI is InChI=1S/C11H14N4/c12-5-4-10-8-14-11(15-10)7-9-3-1-2-6-13-9/h1-3,6,8H,4-5,7,12H2,(H,14,15). The zero-order valence-electron chi connectivity index (χ0n) is 8.48. The molecule has 78 valence electrons. The smallest absolute Gasteiger partial charge is 0.112 e. The molecule has 0 unspecified atom stereocenters. The second-order valence-electron chi connectivity index (χ2n) is 3.39. The monoisotopic (exact) mass is 202 g/mol. The van der Waals surface area contributed by atoms with Gasteiger partial charge in [-0.25, -0.2) is 4.98 Å². The van der Waals surface area contributed by atoms with Crippen molar-refractivity contribution in [2.45, 2.75) is 12.8 Å². The number of nitrogens with two attached hydrogens (primary N) is 1. The van der Waals surface area contributed by atoms with Crippen LogP contribution in [0.4, 0.5) is 0 Å². The zero-order valence-corrected chi connectivity index (χ0v) is 8.48. The van der Waals surface area contributed by atoms with Crippen molar-refractivity contribution in [2.75, 3.05) is 6.54 Å². The third-order valence-corrected chi connectivity index (χ3v) is 2.17. The second kappa shape index (κ2) is 4.70. The van der Waals surface area contributed by atoms with E-state index in [1.165, 1.54) is 0 Å². The van der Waals surface area contributed by atoms with Crippen molar-refractivity contribution in [3.8, 4) is 0 Å². The highest BCUT2D eigenvalue weighted by Gasteiger charge is 2.01. The molecule has 0 saturated carbocycles.